The van der Waals surface area contributed by atoms with Gasteiger partial charge in [0.05, 0.1) is 18.2 Å². The monoisotopic (exact) mass is 424 g/mol. The first-order valence-corrected chi connectivity index (χ1v) is 10.8. The minimum Gasteiger partial charge on any atom is -0.359 e. The van der Waals surface area contributed by atoms with E-state index in [4.69, 9.17) is 4.98 Å². The Hall–Kier alpha value is -2.96. The summed E-state index contributed by atoms with van der Waals surface area (Å²) in [5.74, 6) is -0.0827. The maximum atomic E-state index is 13.5. The standard InChI is InChI=1S/C24H32N4O3/c1-16(29)27-12-9-13-28-19(15-27)21(26-22(28)17-10-7-6-8-11-17)20(30)14-18(23(31)25-5)24(2,3)4/h6-8,10-11,18H,9,12-15H2,1-5H3,(H,25,31)/t18-/m1/s1. The van der Waals surface area contributed by atoms with Crippen molar-refractivity contribution >= 4 is 17.6 Å². The lowest BCUT2D eigenvalue weighted by atomic mass is 9.77. The van der Waals surface area contributed by atoms with Crippen molar-refractivity contribution in [3.63, 3.8) is 0 Å². The Balaban J connectivity index is 2.07. The van der Waals surface area contributed by atoms with Crippen LogP contribution in [0.2, 0.25) is 0 Å². The van der Waals surface area contributed by atoms with E-state index >= 15 is 0 Å². The molecule has 1 aliphatic rings. The number of amides is 2. The van der Waals surface area contributed by atoms with Crippen LogP contribution in [0.25, 0.3) is 11.4 Å². The number of aromatic nitrogens is 2. The molecule has 1 aliphatic heterocycles. The summed E-state index contributed by atoms with van der Waals surface area (Å²) in [5, 5.41) is 2.68. The number of hydrogen-bond acceptors (Lipinski definition) is 4. The third kappa shape index (κ3) is 4.86. The molecule has 0 fully saturated rings. The lowest BCUT2D eigenvalue weighted by Gasteiger charge is -2.28. The van der Waals surface area contributed by atoms with Gasteiger partial charge in [0.2, 0.25) is 11.8 Å². The van der Waals surface area contributed by atoms with Gasteiger partial charge in [-0.2, -0.15) is 0 Å². The van der Waals surface area contributed by atoms with Gasteiger partial charge in [-0.25, -0.2) is 4.98 Å². The van der Waals surface area contributed by atoms with Crippen molar-refractivity contribution < 1.29 is 14.4 Å². The van der Waals surface area contributed by atoms with Crippen molar-refractivity contribution in [1.29, 1.82) is 0 Å². The van der Waals surface area contributed by atoms with Crippen LogP contribution in [0.4, 0.5) is 0 Å². The molecule has 0 saturated heterocycles. The second kappa shape index (κ2) is 9.04. The summed E-state index contributed by atoms with van der Waals surface area (Å²) in [6.07, 6.45) is 0.862. The number of benzene rings is 1. The summed E-state index contributed by atoms with van der Waals surface area (Å²) in [4.78, 5) is 44.6. The fraction of sp³-hybridized carbons (Fsp3) is 0.500. The van der Waals surface area contributed by atoms with Gasteiger partial charge >= 0.3 is 0 Å². The molecule has 166 valence electrons. The number of fused-ring (bicyclic) bond motifs is 1. The van der Waals surface area contributed by atoms with Gasteiger partial charge in [-0.1, -0.05) is 51.1 Å². The SMILES string of the molecule is CNC(=O)[C@@H](CC(=O)c1nc(-c2ccccc2)n2c1CN(C(C)=O)CCC2)C(C)(C)C. The smallest absolute Gasteiger partial charge is 0.223 e. The van der Waals surface area contributed by atoms with Gasteiger partial charge in [-0.15, -0.1) is 0 Å². The average Bonchev–Trinajstić information content (AvgIpc) is 2.93. The molecule has 1 aromatic heterocycles. The number of imidazole rings is 1. The van der Waals surface area contributed by atoms with Gasteiger partial charge in [-0.3, -0.25) is 14.4 Å². The molecule has 1 atom stereocenters. The first kappa shape index (κ1) is 22.7. The number of nitrogens with zero attached hydrogens (tertiary/aromatic N) is 3. The van der Waals surface area contributed by atoms with Crippen molar-refractivity contribution in [2.45, 2.75) is 53.6 Å². The lowest BCUT2D eigenvalue weighted by molar-refractivity contribution is -0.129. The van der Waals surface area contributed by atoms with Crippen molar-refractivity contribution in [2.24, 2.45) is 11.3 Å². The number of nitrogens with one attached hydrogen (secondary N) is 1. The fourth-order valence-corrected chi connectivity index (χ4v) is 4.12. The molecule has 0 bridgehead atoms. The van der Waals surface area contributed by atoms with Gasteiger partial charge in [0.1, 0.15) is 11.5 Å². The zero-order valence-corrected chi connectivity index (χ0v) is 19.1. The number of hydrogen-bond donors (Lipinski definition) is 1. The maximum Gasteiger partial charge on any atom is 0.223 e. The quantitative estimate of drug-likeness (QED) is 0.747. The van der Waals surface area contributed by atoms with Gasteiger partial charge in [0, 0.05) is 39.0 Å². The number of carbonyl (C=O) groups is 3. The van der Waals surface area contributed by atoms with E-state index in [1.54, 1.807) is 18.9 Å². The van der Waals surface area contributed by atoms with Gasteiger partial charge < -0.3 is 14.8 Å². The minimum absolute atomic E-state index is 0.0211. The van der Waals surface area contributed by atoms with Crippen LogP contribution in [0.5, 0.6) is 0 Å². The van der Waals surface area contributed by atoms with E-state index in [1.807, 2.05) is 51.1 Å². The van der Waals surface area contributed by atoms with Crippen molar-refractivity contribution in [2.75, 3.05) is 13.6 Å². The summed E-state index contributed by atoms with van der Waals surface area (Å²) >= 11 is 0. The van der Waals surface area contributed by atoms with Crippen LogP contribution in [0, 0.1) is 11.3 Å². The van der Waals surface area contributed by atoms with Crippen LogP contribution >= 0.6 is 0 Å². The Morgan fingerprint density at radius 2 is 1.81 bits per heavy atom. The van der Waals surface area contributed by atoms with E-state index in [1.165, 1.54) is 0 Å². The van der Waals surface area contributed by atoms with E-state index in [0.717, 1.165) is 23.5 Å². The fourth-order valence-electron chi connectivity index (χ4n) is 4.12. The molecule has 31 heavy (non-hydrogen) atoms. The molecule has 7 nitrogen and oxygen atoms in total. The first-order valence-electron chi connectivity index (χ1n) is 10.8. The molecule has 1 aromatic carbocycles. The molecule has 2 aromatic rings. The maximum absolute atomic E-state index is 13.5. The van der Waals surface area contributed by atoms with E-state index in [0.29, 0.717) is 25.3 Å². The summed E-state index contributed by atoms with van der Waals surface area (Å²) < 4.78 is 2.07. The van der Waals surface area contributed by atoms with E-state index in [2.05, 4.69) is 9.88 Å². The highest BCUT2D eigenvalue weighted by Gasteiger charge is 2.35. The van der Waals surface area contributed by atoms with Crippen molar-refractivity contribution in [1.82, 2.24) is 19.8 Å². The highest BCUT2D eigenvalue weighted by molar-refractivity contribution is 5.99. The zero-order chi connectivity index (χ0) is 22.8. The van der Waals surface area contributed by atoms with Crippen LogP contribution < -0.4 is 5.32 Å². The Morgan fingerprint density at radius 3 is 2.39 bits per heavy atom. The molecule has 0 spiro atoms. The summed E-state index contributed by atoms with van der Waals surface area (Å²) in [7, 11) is 1.59. The molecule has 7 heteroatoms. The third-order valence-electron chi connectivity index (χ3n) is 5.96. The Bertz CT molecular complexity index is 973. The number of rotatable bonds is 5. The molecule has 0 radical (unpaired) electrons. The second-order valence-corrected chi connectivity index (χ2v) is 9.20. The molecular formula is C24H32N4O3. The number of carbonyl (C=O) groups excluding carboxylic acids is 3. The average molecular weight is 425 g/mol. The third-order valence-corrected chi connectivity index (χ3v) is 5.96. The van der Waals surface area contributed by atoms with Gasteiger partial charge in [0.15, 0.2) is 5.78 Å². The Morgan fingerprint density at radius 1 is 1.13 bits per heavy atom. The topological polar surface area (TPSA) is 84.3 Å². The minimum atomic E-state index is -0.475. The van der Waals surface area contributed by atoms with Crippen LogP contribution in [-0.2, 0) is 22.7 Å². The Kier molecular flexibility index (Phi) is 6.62. The van der Waals surface area contributed by atoms with Gasteiger partial charge in [-0.05, 0) is 11.8 Å². The van der Waals surface area contributed by atoms with E-state index < -0.39 is 5.92 Å². The van der Waals surface area contributed by atoms with E-state index in [9.17, 15) is 14.4 Å². The highest BCUT2D eigenvalue weighted by atomic mass is 16.2. The molecule has 3 rings (SSSR count). The largest absolute Gasteiger partial charge is 0.359 e. The molecule has 0 unspecified atom stereocenters. The summed E-state index contributed by atoms with van der Waals surface area (Å²) in [5.41, 5.74) is 1.67. The van der Waals surface area contributed by atoms with Crippen LogP contribution in [-0.4, -0.2) is 45.6 Å². The van der Waals surface area contributed by atoms with Crippen LogP contribution in [0.15, 0.2) is 30.3 Å². The molecule has 2 amide bonds. The van der Waals surface area contributed by atoms with Crippen LogP contribution in [0.1, 0.15) is 56.7 Å². The number of ketones is 1. The van der Waals surface area contributed by atoms with Crippen molar-refractivity contribution in [3.8, 4) is 11.4 Å². The predicted octanol–water partition coefficient (Wildman–Crippen LogP) is 3.28. The summed E-state index contributed by atoms with van der Waals surface area (Å²) in [6.45, 7) is 9.09. The lowest BCUT2D eigenvalue weighted by Crippen LogP contribution is -2.37. The Labute approximate surface area is 183 Å². The van der Waals surface area contributed by atoms with Gasteiger partial charge in [0.25, 0.3) is 0 Å². The molecule has 1 N–H and O–H groups in total. The second-order valence-electron chi connectivity index (χ2n) is 9.20. The van der Waals surface area contributed by atoms with Crippen molar-refractivity contribution in [3.05, 3.63) is 41.7 Å². The first-order chi connectivity index (χ1) is 14.6. The predicted molar refractivity (Wildman–Crippen MR) is 119 cm³/mol. The molecule has 0 saturated carbocycles. The molecular weight excluding hydrogens is 392 g/mol. The van der Waals surface area contributed by atoms with E-state index in [-0.39, 0.29) is 29.4 Å². The molecule has 2 heterocycles. The zero-order valence-electron chi connectivity index (χ0n) is 19.1. The molecule has 0 aliphatic carbocycles. The normalized spacial score (nSPS) is 15.1. The van der Waals surface area contributed by atoms with Crippen LogP contribution in [0.3, 0.4) is 0 Å². The number of Topliss-reactive ketones (excluding diaryl/α,β-unsaturated/α-hetero) is 1. The summed E-state index contributed by atoms with van der Waals surface area (Å²) in [6, 6.07) is 9.77. The highest BCUT2D eigenvalue weighted by Crippen LogP contribution is 2.32.